The van der Waals surface area contributed by atoms with E-state index < -0.39 is 0 Å². The highest BCUT2D eigenvalue weighted by Crippen LogP contribution is 2.42. The van der Waals surface area contributed by atoms with Crippen LogP contribution in [0.15, 0.2) is 4.99 Å². The van der Waals surface area contributed by atoms with E-state index >= 15 is 0 Å². The van der Waals surface area contributed by atoms with Gasteiger partial charge in [-0.25, -0.2) is 0 Å². The Kier molecular flexibility index (Phi) is 6.41. The Morgan fingerprint density at radius 3 is 2.68 bits per heavy atom. The predicted octanol–water partition coefficient (Wildman–Crippen LogP) is 1.84. The van der Waals surface area contributed by atoms with E-state index in [4.69, 9.17) is 0 Å². The molecule has 1 saturated heterocycles. The van der Waals surface area contributed by atoms with Crippen LogP contribution in [0.1, 0.15) is 46.0 Å². The summed E-state index contributed by atoms with van der Waals surface area (Å²) in [4.78, 5) is 18.5. The lowest BCUT2D eigenvalue weighted by Crippen LogP contribution is -2.54. The molecule has 1 aliphatic heterocycles. The zero-order valence-electron chi connectivity index (χ0n) is 14.2. The minimum absolute atomic E-state index is 0.0231. The molecule has 1 spiro atoms. The first-order valence-electron chi connectivity index (χ1n) is 8.43. The molecule has 0 unspecified atom stereocenters. The fourth-order valence-electron chi connectivity index (χ4n) is 3.39. The number of guanidine groups is 1. The maximum atomic E-state index is 11.8. The molecule has 1 saturated carbocycles. The van der Waals surface area contributed by atoms with Gasteiger partial charge in [-0.05, 0) is 26.7 Å². The highest BCUT2D eigenvalue weighted by molar-refractivity contribution is 8.00. The van der Waals surface area contributed by atoms with Gasteiger partial charge in [-0.2, -0.15) is 11.8 Å². The molecule has 1 aliphatic carbocycles. The number of hydrogen-bond donors (Lipinski definition) is 2. The van der Waals surface area contributed by atoms with E-state index in [-0.39, 0.29) is 11.9 Å². The molecule has 0 aromatic heterocycles. The quantitative estimate of drug-likeness (QED) is 0.614. The van der Waals surface area contributed by atoms with Gasteiger partial charge in [-0.15, -0.1) is 0 Å². The summed E-state index contributed by atoms with van der Waals surface area (Å²) in [6.45, 7) is 6.31. The fourth-order valence-corrected chi connectivity index (χ4v) is 4.96. The minimum Gasteiger partial charge on any atom is -0.352 e. The summed E-state index contributed by atoms with van der Waals surface area (Å²) in [5, 5.41) is 6.12. The molecule has 22 heavy (non-hydrogen) atoms. The molecule has 1 heterocycles. The third kappa shape index (κ3) is 4.80. The van der Waals surface area contributed by atoms with Crippen molar-refractivity contribution in [3.8, 4) is 0 Å². The SMILES string of the molecule is CN=C(NCC(=O)NC(C)C)N1CCSC2(CCCCC2)C1. The molecule has 2 fully saturated rings. The second kappa shape index (κ2) is 8.09. The van der Waals surface area contributed by atoms with Gasteiger partial charge in [0.25, 0.3) is 0 Å². The van der Waals surface area contributed by atoms with Crippen molar-refractivity contribution in [2.45, 2.75) is 56.7 Å². The number of nitrogens with one attached hydrogen (secondary N) is 2. The number of rotatable bonds is 3. The Balaban J connectivity index is 1.89. The van der Waals surface area contributed by atoms with Gasteiger partial charge in [0.15, 0.2) is 5.96 Å². The van der Waals surface area contributed by atoms with Crippen LogP contribution < -0.4 is 10.6 Å². The van der Waals surface area contributed by atoms with E-state index in [0.29, 0.717) is 11.3 Å². The van der Waals surface area contributed by atoms with Crippen molar-refractivity contribution in [2.75, 3.05) is 32.4 Å². The van der Waals surface area contributed by atoms with Gasteiger partial charge < -0.3 is 15.5 Å². The maximum absolute atomic E-state index is 11.8. The Bertz CT molecular complexity index is 399. The molecule has 0 atom stereocenters. The lowest BCUT2D eigenvalue weighted by Gasteiger charge is -2.45. The molecule has 6 heteroatoms. The summed E-state index contributed by atoms with van der Waals surface area (Å²) < 4.78 is 0.411. The van der Waals surface area contributed by atoms with Crippen LogP contribution in [0.4, 0.5) is 0 Å². The van der Waals surface area contributed by atoms with Gasteiger partial charge in [0.2, 0.25) is 5.91 Å². The molecule has 0 radical (unpaired) electrons. The summed E-state index contributed by atoms with van der Waals surface area (Å²) in [6, 6.07) is 0.174. The van der Waals surface area contributed by atoms with Crippen LogP contribution in [0.2, 0.25) is 0 Å². The number of nitrogens with zero attached hydrogens (tertiary/aromatic N) is 2. The Labute approximate surface area is 138 Å². The predicted molar refractivity (Wildman–Crippen MR) is 94.5 cm³/mol. The van der Waals surface area contributed by atoms with E-state index in [2.05, 4.69) is 32.3 Å². The Morgan fingerprint density at radius 2 is 2.05 bits per heavy atom. The number of amides is 1. The molecular formula is C16H30N4OS. The number of hydrogen-bond acceptors (Lipinski definition) is 3. The van der Waals surface area contributed by atoms with Crippen molar-refractivity contribution in [2.24, 2.45) is 4.99 Å². The first-order chi connectivity index (χ1) is 10.5. The van der Waals surface area contributed by atoms with Crippen molar-refractivity contribution < 1.29 is 4.79 Å². The van der Waals surface area contributed by atoms with Crippen LogP contribution in [0.25, 0.3) is 0 Å². The number of aliphatic imine (C=N–C) groups is 1. The number of carbonyl (C=O) groups is 1. The maximum Gasteiger partial charge on any atom is 0.239 e. The van der Waals surface area contributed by atoms with Crippen LogP contribution in [0, 0.1) is 0 Å². The second-order valence-corrected chi connectivity index (χ2v) is 8.20. The van der Waals surface area contributed by atoms with Crippen molar-refractivity contribution in [1.29, 1.82) is 0 Å². The van der Waals surface area contributed by atoms with Crippen LogP contribution in [0.3, 0.4) is 0 Å². The third-order valence-electron chi connectivity index (χ3n) is 4.38. The summed E-state index contributed by atoms with van der Waals surface area (Å²) in [5.74, 6) is 2.04. The van der Waals surface area contributed by atoms with Crippen molar-refractivity contribution >= 4 is 23.6 Å². The second-order valence-electron chi connectivity index (χ2n) is 6.64. The zero-order valence-corrected chi connectivity index (χ0v) is 15.0. The van der Waals surface area contributed by atoms with E-state index in [1.807, 2.05) is 13.8 Å². The Morgan fingerprint density at radius 1 is 1.32 bits per heavy atom. The van der Waals surface area contributed by atoms with Crippen LogP contribution >= 0.6 is 11.8 Å². The number of carbonyl (C=O) groups excluding carboxylic acids is 1. The van der Waals surface area contributed by atoms with Crippen molar-refractivity contribution in [3.05, 3.63) is 0 Å². The van der Waals surface area contributed by atoms with Crippen LogP contribution in [-0.2, 0) is 4.79 Å². The molecular weight excluding hydrogens is 296 g/mol. The standard InChI is InChI=1S/C16H30N4OS/c1-13(2)19-14(21)11-18-15(17-3)20-9-10-22-16(12-20)7-5-4-6-8-16/h13H,4-12H2,1-3H3,(H,17,18)(H,19,21). The summed E-state index contributed by atoms with van der Waals surface area (Å²) in [5.41, 5.74) is 0. The highest BCUT2D eigenvalue weighted by atomic mass is 32.2. The van der Waals surface area contributed by atoms with Crippen molar-refractivity contribution in [3.63, 3.8) is 0 Å². The molecule has 126 valence electrons. The Hall–Kier alpha value is -0.910. The molecule has 0 aromatic rings. The van der Waals surface area contributed by atoms with Crippen LogP contribution in [-0.4, -0.2) is 60.0 Å². The molecule has 2 N–H and O–H groups in total. The molecule has 2 rings (SSSR count). The highest BCUT2D eigenvalue weighted by Gasteiger charge is 2.38. The summed E-state index contributed by atoms with van der Waals surface area (Å²) in [7, 11) is 1.80. The monoisotopic (exact) mass is 326 g/mol. The first-order valence-corrected chi connectivity index (χ1v) is 9.42. The van der Waals surface area contributed by atoms with Crippen molar-refractivity contribution in [1.82, 2.24) is 15.5 Å². The lowest BCUT2D eigenvalue weighted by atomic mass is 9.87. The smallest absolute Gasteiger partial charge is 0.239 e. The van der Waals surface area contributed by atoms with Gasteiger partial charge in [0, 0.05) is 36.7 Å². The fraction of sp³-hybridized carbons (Fsp3) is 0.875. The number of thioether (sulfide) groups is 1. The van der Waals surface area contributed by atoms with Gasteiger partial charge in [0.1, 0.15) is 0 Å². The molecule has 2 aliphatic rings. The molecule has 0 aromatic carbocycles. The summed E-state index contributed by atoms with van der Waals surface area (Å²) in [6.07, 6.45) is 6.72. The lowest BCUT2D eigenvalue weighted by molar-refractivity contribution is -0.120. The average Bonchev–Trinajstić information content (AvgIpc) is 2.48. The van der Waals surface area contributed by atoms with E-state index in [1.165, 1.54) is 32.1 Å². The first kappa shape index (κ1) is 17.4. The molecule has 0 bridgehead atoms. The van der Waals surface area contributed by atoms with Gasteiger partial charge in [-0.3, -0.25) is 9.79 Å². The summed E-state index contributed by atoms with van der Waals surface area (Å²) >= 11 is 2.15. The van der Waals surface area contributed by atoms with Gasteiger partial charge in [-0.1, -0.05) is 19.3 Å². The van der Waals surface area contributed by atoms with Gasteiger partial charge in [0.05, 0.1) is 6.54 Å². The van der Waals surface area contributed by atoms with E-state index in [0.717, 1.165) is 24.8 Å². The normalized spacial score (nSPS) is 22.0. The largest absolute Gasteiger partial charge is 0.352 e. The minimum atomic E-state index is 0.0231. The molecule has 1 amide bonds. The average molecular weight is 327 g/mol. The third-order valence-corrected chi connectivity index (χ3v) is 5.92. The topological polar surface area (TPSA) is 56.7 Å². The molecule has 5 nitrogen and oxygen atoms in total. The van der Waals surface area contributed by atoms with E-state index in [1.54, 1.807) is 7.05 Å². The van der Waals surface area contributed by atoms with Gasteiger partial charge >= 0.3 is 0 Å². The van der Waals surface area contributed by atoms with Crippen LogP contribution in [0.5, 0.6) is 0 Å². The van der Waals surface area contributed by atoms with E-state index in [9.17, 15) is 4.79 Å². The zero-order chi connectivity index (χ0) is 16.0.